The van der Waals surface area contributed by atoms with Crippen LogP contribution in [0.5, 0.6) is 0 Å². The van der Waals surface area contributed by atoms with Crippen molar-refractivity contribution in [3.63, 3.8) is 0 Å². The molecule has 0 aromatic heterocycles. The third-order valence-corrected chi connectivity index (χ3v) is 4.02. The molecule has 0 amide bonds. The van der Waals surface area contributed by atoms with Crippen molar-refractivity contribution in [1.82, 2.24) is 15.1 Å². The smallest absolute Gasteiger partial charge is 0.0474 e. The summed E-state index contributed by atoms with van der Waals surface area (Å²) in [4.78, 5) is 5.11. The number of nitrogens with one attached hydrogen (secondary N) is 1. The van der Waals surface area contributed by atoms with E-state index in [0.29, 0.717) is 0 Å². The van der Waals surface area contributed by atoms with Gasteiger partial charge in [-0.2, -0.15) is 0 Å². The van der Waals surface area contributed by atoms with Gasteiger partial charge < -0.3 is 10.1 Å². The summed E-state index contributed by atoms with van der Waals surface area (Å²) in [5, 5.41) is 3.48. The molecule has 0 atom stereocenters. The van der Waals surface area contributed by atoms with E-state index in [9.17, 15) is 0 Å². The van der Waals surface area contributed by atoms with Crippen molar-refractivity contribution in [2.75, 3.05) is 59.5 Å². The SMILES string of the molecule is COCCCNCCN1CCN(Cc2ccccc2)CC1. The molecule has 4 nitrogen and oxygen atoms in total. The predicted octanol–water partition coefficient (Wildman–Crippen LogP) is 1.43. The van der Waals surface area contributed by atoms with Crippen molar-refractivity contribution in [2.24, 2.45) is 0 Å². The Morgan fingerprint density at radius 3 is 2.43 bits per heavy atom. The van der Waals surface area contributed by atoms with Gasteiger partial charge in [0.05, 0.1) is 0 Å². The van der Waals surface area contributed by atoms with Crippen LogP contribution in [-0.4, -0.2) is 69.3 Å². The van der Waals surface area contributed by atoms with E-state index in [0.717, 1.165) is 39.2 Å². The normalized spacial score (nSPS) is 17.2. The highest BCUT2D eigenvalue weighted by molar-refractivity contribution is 5.14. The number of piperazine rings is 1. The maximum Gasteiger partial charge on any atom is 0.0474 e. The van der Waals surface area contributed by atoms with Gasteiger partial charge in [0.25, 0.3) is 0 Å². The van der Waals surface area contributed by atoms with Gasteiger partial charge in [-0.15, -0.1) is 0 Å². The molecular formula is C17H29N3O. The van der Waals surface area contributed by atoms with Crippen LogP contribution in [-0.2, 0) is 11.3 Å². The van der Waals surface area contributed by atoms with Crippen LogP contribution in [0.15, 0.2) is 30.3 Å². The van der Waals surface area contributed by atoms with E-state index < -0.39 is 0 Å². The number of rotatable bonds is 9. The molecule has 1 aromatic carbocycles. The van der Waals surface area contributed by atoms with E-state index in [1.54, 1.807) is 7.11 Å². The summed E-state index contributed by atoms with van der Waals surface area (Å²) in [5.41, 5.74) is 1.42. The van der Waals surface area contributed by atoms with Crippen molar-refractivity contribution in [3.05, 3.63) is 35.9 Å². The second-order valence-electron chi connectivity index (χ2n) is 5.70. The highest BCUT2D eigenvalue weighted by Gasteiger charge is 2.16. The summed E-state index contributed by atoms with van der Waals surface area (Å²) < 4.78 is 5.04. The Hall–Kier alpha value is -0.940. The molecule has 1 aromatic rings. The standard InChI is InChI=1S/C17H29N3O/c1-21-15-5-8-18-9-10-19-11-13-20(14-12-19)16-17-6-3-2-4-7-17/h2-4,6-7,18H,5,8-16H2,1H3. The first-order valence-corrected chi connectivity index (χ1v) is 8.07. The first-order valence-electron chi connectivity index (χ1n) is 8.07. The van der Waals surface area contributed by atoms with Crippen molar-refractivity contribution in [3.8, 4) is 0 Å². The first-order chi connectivity index (χ1) is 10.4. The van der Waals surface area contributed by atoms with Gasteiger partial charge in [-0.25, -0.2) is 0 Å². The minimum atomic E-state index is 0.852. The molecule has 2 rings (SSSR count). The molecule has 118 valence electrons. The molecule has 1 saturated heterocycles. The lowest BCUT2D eigenvalue weighted by Gasteiger charge is -2.34. The lowest BCUT2D eigenvalue weighted by Crippen LogP contribution is -2.47. The lowest BCUT2D eigenvalue weighted by atomic mass is 10.2. The highest BCUT2D eigenvalue weighted by atomic mass is 16.5. The van der Waals surface area contributed by atoms with Gasteiger partial charge in [0.2, 0.25) is 0 Å². The van der Waals surface area contributed by atoms with Crippen LogP contribution in [0.25, 0.3) is 0 Å². The Morgan fingerprint density at radius 1 is 1.00 bits per heavy atom. The van der Waals surface area contributed by atoms with E-state index in [4.69, 9.17) is 4.74 Å². The number of benzene rings is 1. The van der Waals surface area contributed by atoms with E-state index in [1.165, 1.54) is 31.7 Å². The van der Waals surface area contributed by atoms with Crippen LogP contribution in [0, 0.1) is 0 Å². The van der Waals surface area contributed by atoms with Gasteiger partial charge >= 0.3 is 0 Å². The number of hydrogen-bond donors (Lipinski definition) is 1. The zero-order valence-electron chi connectivity index (χ0n) is 13.3. The number of methoxy groups -OCH3 is 1. The largest absolute Gasteiger partial charge is 0.385 e. The van der Waals surface area contributed by atoms with Crippen LogP contribution >= 0.6 is 0 Å². The predicted molar refractivity (Wildman–Crippen MR) is 87.5 cm³/mol. The Balaban J connectivity index is 1.54. The summed E-state index contributed by atoms with van der Waals surface area (Å²) >= 11 is 0. The molecular weight excluding hydrogens is 262 g/mol. The molecule has 0 bridgehead atoms. The Morgan fingerprint density at radius 2 is 1.71 bits per heavy atom. The molecule has 1 aliphatic heterocycles. The molecule has 0 radical (unpaired) electrons. The molecule has 1 fully saturated rings. The molecule has 0 saturated carbocycles. The second-order valence-corrected chi connectivity index (χ2v) is 5.70. The van der Waals surface area contributed by atoms with Gasteiger partial charge in [-0.1, -0.05) is 30.3 Å². The molecule has 0 spiro atoms. The minimum Gasteiger partial charge on any atom is -0.385 e. The van der Waals surface area contributed by atoms with Crippen LogP contribution in [0.2, 0.25) is 0 Å². The monoisotopic (exact) mass is 291 g/mol. The first kappa shape index (κ1) is 16.4. The summed E-state index contributed by atoms with van der Waals surface area (Å²) in [6.07, 6.45) is 1.10. The molecule has 1 heterocycles. The number of nitrogens with zero attached hydrogens (tertiary/aromatic N) is 2. The maximum atomic E-state index is 5.04. The zero-order valence-corrected chi connectivity index (χ0v) is 13.3. The molecule has 4 heteroatoms. The van der Waals surface area contributed by atoms with Crippen LogP contribution < -0.4 is 5.32 Å². The van der Waals surface area contributed by atoms with Gasteiger partial charge in [0, 0.05) is 59.5 Å². The van der Waals surface area contributed by atoms with Crippen LogP contribution in [0.3, 0.4) is 0 Å². The third-order valence-electron chi connectivity index (χ3n) is 4.02. The fourth-order valence-corrected chi connectivity index (χ4v) is 2.72. The molecule has 1 aliphatic rings. The van der Waals surface area contributed by atoms with Gasteiger partial charge in [-0.05, 0) is 18.5 Å². The Kier molecular flexibility index (Phi) is 7.75. The van der Waals surface area contributed by atoms with Gasteiger partial charge in [-0.3, -0.25) is 9.80 Å². The van der Waals surface area contributed by atoms with E-state index >= 15 is 0 Å². The second kappa shape index (κ2) is 9.90. The highest BCUT2D eigenvalue weighted by Crippen LogP contribution is 2.07. The Bertz CT molecular complexity index is 364. The fraction of sp³-hybridized carbons (Fsp3) is 0.647. The van der Waals surface area contributed by atoms with Crippen molar-refractivity contribution < 1.29 is 4.74 Å². The Labute approximate surface area is 129 Å². The average molecular weight is 291 g/mol. The molecule has 0 unspecified atom stereocenters. The zero-order chi connectivity index (χ0) is 14.8. The molecule has 1 N–H and O–H groups in total. The van der Waals surface area contributed by atoms with Crippen molar-refractivity contribution in [1.29, 1.82) is 0 Å². The van der Waals surface area contributed by atoms with E-state index in [-0.39, 0.29) is 0 Å². The van der Waals surface area contributed by atoms with Gasteiger partial charge in [0.1, 0.15) is 0 Å². The topological polar surface area (TPSA) is 27.7 Å². The molecule has 0 aliphatic carbocycles. The maximum absolute atomic E-state index is 5.04. The average Bonchev–Trinajstić information content (AvgIpc) is 2.53. The quantitative estimate of drug-likeness (QED) is 0.697. The number of hydrogen-bond acceptors (Lipinski definition) is 4. The summed E-state index contributed by atoms with van der Waals surface area (Å²) in [6.45, 7) is 9.97. The van der Waals surface area contributed by atoms with Crippen LogP contribution in [0.1, 0.15) is 12.0 Å². The summed E-state index contributed by atoms with van der Waals surface area (Å²) in [5.74, 6) is 0. The minimum absolute atomic E-state index is 0.852. The van der Waals surface area contributed by atoms with E-state index in [2.05, 4.69) is 45.4 Å². The number of ether oxygens (including phenoxy) is 1. The molecule has 21 heavy (non-hydrogen) atoms. The van der Waals surface area contributed by atoms with E-state index in [1.807, 2.05) is 0 Å². The van der Waals surface area contributed by atoms with Crippen molar-refractivity contribution in [2.45, 2.75) is 13.0 Å². The fourth-order valence-electron chi connectivity index (χ4n) is 2.72. The van der Waals surface area contributed by atoms with Crippen molar-refractivity contribution >= 4 is 0 Å². The third kappa shape index (κ3) is 6.57. The summed E-state index contributed by atoms with van der Waals surface area (Å²) in [7, 11) is 1.76. The summed E-state index contributed by atoms with van der Waals surface area (Å²) in [6, 6.07) is 10.8. The van der Waals surface area contributed by atoms with Crippen LogP contribution in [0.4, 0.5) is 0 Å². The lowest BCUT2D eigenvalue weighted by molar-refractivity contribution is 0.127. The van der Waals surface area contributed by atoms with Gasteiger partial charge in [0.15, 0.2) is 0 Å².